The van der Waals surface area contributed by atoms with Crippen molar-refractivity contribution in [3.05, 3.63) is 30.2 Å². The monoisotopic (exact) mass is 398 g/mol. The van der Waals surface area contributed by atoms with Gasteiger partial charge in [-0.1, -0.05) is 12.1 Å². The minimum absolute atomic E-state index is 0.0815. The Hall–Kier alpha value is -2.41. The van der Waals surface area contributed by atoms with Gasteiger partial charge in [-0.2, -0.15) is 4.98 Å². The number of carbonyl (C=O) groups excluding carboxylic acids is 1. The summed E-state index contributed by atoms with van der Waals surface area (Å²) in [6.45, 7) is 6.37. The molecule has 0 radical (unpaired) electrons. The Labute approximate surface area is 172 Å². The summed E-state index contributed by atoms with van der Waals surface area (Å²) in [6.07, 6.45) is 4.36. The first kappa shape index (κ1) is 19.9. The molecule has 2 unspecified atom stereocenters. The molecule has 7 heteroatoms. The molecular formula is C22H30N4O3. The Morgan fingerprint density at radius 1 is 1.17 bits per heavy atom. The van der Waals surface area contributed by atoms with Gasteiger partial charge >= 0.3 is 0 Å². The van der Waals surface area contributed by atoms with Gasteiger partial charge in [-0.3, -0.25) is 9.69 Å². The summed E-state index contributed by atoms with van der Waals surface area (Å²) in [5, 5.41) is 4.11. The number of ether oxygens (including phenoxy) is 1. The molecule has 2 atom stereocenters. The lowest BCUT2D eigenvalue weighted by Gasteiger charge is -2.37. The minimum Gasteiger partial charge on any atom is -0.497 e. The van der Waals surface area contributed by atoms with Gasteiger partial charge in [0.05, 0.1) is 19.6 Å². The van der Waals surface area contributed by atoms with Gasteiger partial charge in [-0.05, 0) is 62.4 Å². The molecule has 1 aromatic carbocycles. The van der Waals surface area contributed by atoms with Crippen LogP contribution in [-0.4, -0.2) is 59.1 Å². The molecule has 0 saturated carbocycles. The zero-order valence-electron chi connectivity index (χ0n) is 17.3. The molecule has 2 fully saturated rings. The quantitative estimate of drug-likeness (QED) is 0.770. The van der Waals surface area contributed by atoms with Crippen LogP contribution in [0.3, 0.4) is 0 Å². The number of nitrogens with zero attached hydrogens (tertiary/aromatic N) is 4. The molecule has 0 aliphatic carbocycles. The largest absolute Gasteiger partial charge is 0.497 e. The molecule has 2 aliphatic rings. The van der Waals surface area contributed by atoms with Crippen LogP contribution >= 0.6 is 0 Å². The van der Waals surface area contributed by atoms with Crippen molar-refractivity contribution in [3.8, 4) is 17.1 Å². The molecule has 4 rings (SSSR count). The summed E-state index contributed by atoms with van der Waals surface area (Å²) in [5.41, 5.74) is 0.895. The summed E-state index contributed by atoms with van der Waals surface area (Å²) in [6, 6.07) is 7.60. The van der Waals surface area contributed by atoms with E-state index in [0.29, 0.717) is 30.1 Å². The molecule has 0 N–H and O–H groups in total. The first-order chi connectivity index (χ1) is 14.1. The zero-order valence-corrected chi connectivity index (χ0v) is 17.3. The van der Waals surface area contributed by atoms with Crippen molar-refractivity contribution in [2.75, 3.05) is 33.3 Å². The second-order valence-electron chi connectivity index (χ2n) is 8.35. The molecule has 1 amide bonds. The van der Waals surface area contributed by atoms with Crippen LogP contribution < -0.4 is 4.74 Å². The van der Waals surface area contributed by atoms with Crippen LogP contribution in [0.1, 0.15) is 38.5 Å². The van der Waals surface area contributed by atoms with Crippen molar-refractivity contribution in [3.63, 3.8) is 0 Å². The maximum atomic E-state index is 13.0. The van der Waals surface area contributed by atoms with Crippen LogP contribution in [0.25, 0.3) is 11.4 Å². The van der Waals surface area contributed by atoms with E-state index in [2.05, 4.69) is 26.9 Å². The van der Waals surface area contributed by atoms with Crippen LogP contribution in [0.4, 0.5) is 0 Å². The summed E-state index contributed by atoms with van der Waals surface area (Å²) in [4.78, 5) is 21.9. The van der Waals surface area contributed by atoms with E-state index in [9.17, 15) is 4.79 Å². The fourth-order valence-corrected chi connectivity index (χ4v) is 4.42. The summed E-state index contributed by atoms with van der Waals surface area (Å²) in [5.74, 6) is 2.99. The molecule has 1 aromatic heterocycles. The van der Waals surface area contributed by atoms with Crippen LogP contribution in [0.5, 0.6) is 5.75 Å². The summed E-state index contributed by atoms with van der Waals surface area (Å²) in [7, 11) is 1.64. The van der Waals surface area contributed by atoms with E-state index in [1.165, 1.54) is 6.42 Å². The molecule has 2 aromatic rings. The van der Waals surface area contributed by atoms with Gasteiger partial charge in [0.25, 0.3) is 0 Å². The number of aromatic nitrogens is 2. The molecule has 7 nitrogen and oxygen atoms in total. The Kier molecular flexibility index (Phi) is 6.13. The predicted molar refractivity (Wildman–Crippen MR) is 109 cm³/mol. The SMILES string of the molecule is COc1ccc(-c2noc(CN3CCCC(C(=O)N4CCCC(C)C4)C3)n2)cc1. The third-order valence-corrected chi connectivity index (χ3v) is 6.00. The highest BCUT2D eigenvalue weighted by Gasteiger charge is 2.31. The van der Waals surface area contributed by atoms with E-state index in [-0.39, 0.29) is 5.92 Å². The van der Waals surface area contributed by atoms with Crippen molar-refractivity contribution in [2.24, 2.45) is 11.8 Å². The van der Waals surface area contributed by atoms with Crippen molar-refractivity contribution in [2.45, 2.75) is 39.2 Å². The average molecular weight is 399 g/mol. The van der Waals surface area contributed by atoms with E-state index in [1.54, 1.807) is 7.11 Å². The Balaban J connectivity index is 1.35. The number of carbonyl (C=O) groups is 1. The van der Waals surface area contributed by atoms with Crippen molar-refractivity contribution in [1.82, 2.24) is 19.9 Å². The van der Waals surface area contributed by atoms with Gasteiger partial charge in [0, 0.05) is 25.2 Å². The summed E-state index contributed by atoms with van der Waals surface area (Å²) >= 11 is 0. The van der Waals surface area contributed by atoms with Crippen LogP contribution in [0.15, 0.2) is 28.8 Å². The predicted octanol–water partition coefficient (Wildman–Crippen LogP) is 3.22. The highest BCUT2D eigenvalue weighted by Crippen LogP contribution is 2.25. The molecule has 0 spiro atoms. The van der Waals surface area contributed by atoms with E-state index in [0.717, 1.165) is 56.8 Å². The number of amides is 1. The Bertz CT molecular complexity index is 820. The van der Waals surface area contributed by atoms with Crippen LogP contribution in [-0.2, 0) is 11.3 Å². The fraction of sp³-hybridized carbons (Fsp3) is 0.591. The third-order valence-electron chi connectivity index (χ3n) is 6.00. The maximum absolute atomic E-state index is 13.0. The maximum Gasteiger partial charge on any atom is 0.241 e. The number of benzene rings is 1. The zero-order chi connectivity index (χ0) is 20.2. The van der Waals surface area contributed by atoms with E-state index in [1.807, 2.05) is 24.3 Å². The van der Waals surface area contributed by atoms with Crippen molar-refractivity contribution < 1.29 is 14.1 Å². The first-order valence-electron chi connectivity index (χ1n) is 10.6. The fourth-order valence-electron chi connectivity index (χ4n) is 4.42. The summed E-state index contributed by atoms with van der Waals surface area (Å²) < 4.78 is 10.7. The number of piperidine rings is 2. The molecule has 156 valence electrons. The highest BCUT2D eigenvalue weighted by molar-refractivity contribution is 5.79. The first-order valence-corrected chi connectivity index (χ1v) is 10.6. The van der Waals surface area contributed by atoms with Crippen molar-refractivity contribution in [1.29, 1.82) is 0 Å². The second kappa shape index (κ2) is 8.95. The normalized spacial score (nSPS) is 23.2. The standard InChI is InChI=1S/C22H30N4O3/c1-16-5-3-12-26(13-16)22(27)18-6-4-11-25(14-18)15-20-23-21(24-29-20)17-7-9-19(28-2)10-8-17/h7-10,16,18H,3-6,11-15H2,1-2H3. The van der Waals surface area contributed by atoms with Gasteiger partial charge in [0.15, 0.2) is 0 Å². The number of hydrogen-bond acceptors (Lipinski definition) is 6. The smallest absolute Gasteiger partial charge is 0.241 e. The van der Waals surface area contributed by atoms with Crippen LogP contribution in [0.2, 0.25) is 0 Å². The Morgan fingerprint density at radius 2 is 1.97 bits per heavy atom. The lowest BCUT2D eigenvalue weighted by molar-refractivity contribution is -0.139. The van der Waals surface area contributed by atoms with Gasteiger partial charge in [0.2, 0.25) is 17.6 Å². The van der Waals surface area contributed by atoms with Gasteiger partial charge < -0.3 is 14.2 Å². The number of rotatable bonds is 5. The van der Waals surface area contributed by atoms with E-state index >= 15 is 0 Å². The van der Waals surface area contributed by atoms with Gasteiger partial charge in [-0.25, -0.2) is 0 Å². The molecule has 29 heavy (non-hydrogen) atoms. The molecule has 3 heterocycles. The lowest BCUT2D eigenvalue weighted by Crippen LogP contribution is -2.47. The molecular weight excluding hydrogens is 368 g/mol. The van der Waals surface area contributed by atoms with E-state index < -0.39 is 0 Å². The third kappa shape index (κ3) is 4.78. The highest BCUT2D eigenvalue weighted by atomic mass is 16.5. The van der Waals surface area contributed by atoms with Crippen molar-refractivity contribution >= 4 is 5.91 Å². The topological polar surface area (TPSA) is 71.7 Å². The Morgan fingerprint density at radius 3 is 2.72 bits per heavy atom. The molecule has 0 bridgehead atoms. The minimum atomic E-state index is 0.0815. The lowest BCUT2D eigenvalue weighted by atomic mass is 9.93. The second-order valence-corrected chi connectivity index (χ2v) is 8.35. The average Bonchev–Trinajstić information content (AvgIpc) is 3.22. The van der Waals surface area contributed by atoms with Gasteiger partial charge in [-0.15, -0.1) is 0 Å². The molecule has 2 aliphatic heterocycles. The number of hydrogen-bond donors (Lipinski definition) is 0. The number of likely N-dealkylation sites (tertiary alicyclic amines) is 2. The van der Waals surface area contributed by atoms with Gasteiger partial charge in [0.1, 0.15) is 5.75 Å². The molecule has 2 saturated heterocycles. The van der Waals surface area contributed by atoms with E-state index in [4.69, 9.17) is 9.26 Å². The van der Waals surface area contributed by atoms with Crippen LogP contribution in [0, 0.1) is 11.8 Å². The number of methoxy groups -OCH3 is 1.